The second kappa shape index (κ2) is 8.50. The highest BCUT2D eigenvalue weighted by Crippen LogP contribution is 2.22. The van der Waals surface area contributed by atoms with Crippen LogP contribution in [0.15, 0.2) is 41.4 Å². The van der Waals surface area contributed by atoms with Crippen molar-refractivity contribution in [3.63, 3.8) is 0 Å². The average Bonchev–Trinajstić information content (AvgIpc) is 2.96. The van der Waals surface area contributed by atoms with Gasteiger partial charge in [-0.1, -0.05) is 23.5 Å². The smallest absolute Gasteiger partial charge is 0.252 e. The summed E-state index contributed by atoms with van der Waals surface area (Å²) in [7, 11) is 3.29. The molecule has 142 valence electrons. The Hall–Kier alpha value is -2.44. The van der Waals surface area contributed by atoms with Gasteiger partial charge in [-0.05, 0) is 54.8 Å². The molecule has 0 radical (unpaired) electrons. The first-order valence-corrected chi connectivity index (χ1v) is 9.63. The molecule has 0 aliphatic carbocycles. The molecule has 0 atom stereocenters. The lowest BCUT2D eigenvalue weighted by molar-refractivity contribution is -0.117. The van der Waals surface area contributed by atoms with Gasteiger partial charge in [-0.15, -0.1) is 0 Å². The van der Waals surface area contributed by atoms with Crippen molar-refractivity contribution in [2.75, 3.05) is 20.8 Å². The van der Waals surface area contributed by atoms with Gasteiger partial charge in [0.25, 0.3) is 5.91 Å². The minimum Gasteiger partial charge on any atom is -0.497 e. The highest BCUT2D eigenvalue weighted by Gasteiger charge is 2.10. The maximum absolute atomic E-state index is 12.6. The highest BCUT2D eigenvalue weighted by atomic mass is 32.1. The van der Waals surface area contributed by atoms with Gasteiger partial charge in [0.05, 0.1) is 30.4 Å². The summed E-state index contributed by atoms with van der Waals surface area (Å²) < 4.78 is 13.7. The van der Waals surface area contributed by atoms with Gasteiger partial charge in [0.1, 0.15) is 5.75 Å². The van der Waals surface area contributed by atoms with Gasteiger partial charge in [0.2, 0.25) is 0 Å². The van der Waals surface area contributed by atoms with Gasteiger partial charge in [-0.2, -0.15) is 4.99 Å². The van der Waals surface area contributed by atoms with E-state index in [1.807, 2.05) is 24.3 Å². The molecule has 1 amide bonds. The predicted octanol–water partition coefficient (Wildman–Crippen LogP) is 3.64. The third-order valence-electron chi connectivity index (χ3n) is 4.53. The summed E-state index contributed by atoms with van der Waals surface area (Å²) >= 11 is 1.54. The Labute approximate surface area is 162 Å². The highest BCUT2D eigenvalue weighted by molar-refractivity contribution is 7.16. The maximum atomic E-state index is 12.6. The van der Waals surface area contributed by atoms with Gasteiger partial charge in [-0.3, -0.25) is 4.79 Å². The first-order chi connectivity index (χ1) is 13.0. The van der Waals surface area contributed by atoms with Crippen LogP contribution in [0.5, 0.6) is 5.75 Å². The van der Waals surface area contributed by atoms with Crippen LogP contribution in [-0.4, -0.2) is 31.3 Å². The number of carbonyl (C=O) groups excluding carboxylic acids is 1. The fourth-order valence-corrected chi connectivity index (χ4v) is 4.06. The van der Waals surface area contributed by atoms with Crippen molar-refractivity contribution in [1.29, 1.82) is 0 Å². The summed E-state index contributed by atoms with van der Waals surface area (Å²) in [5.74, 6) is 0.567. The molecule has 3 aromatic rings. The van der Waals surface area contributed by atoms with Crippen LogP contribution >= 0.6 is 11.3 Å². The average molecular weight is 385 g/mol. The summed E-state index contributed by atoms with van der Waals surface area (Å²) in [5.41, 5.74) is 4.44. The molecule has 27 heavy (non-hydrogen) atoms. The largest absolute Gasteiger partial charge is 0.497 e. The van der Waals surface area contributed by atoms with Crippen LogP contribution < -0.4 is 9.54 Å². The Bertz CT molecular complexity index is 1030. The number of carbonyl (C=O) groups is 1. The van der Waals surface area contributed by atoms with E-state index in [9.17, 15) is 4.79 Å². The van der Waals surface area contributed by atoms with Crippen LogP contribution in [0.4, 0.5) is 0 Å². The van der Waals surface area contributed by atoms with Crippen molar-refractivity contribution in [1.82, 2.24) is 4.57 Å². The normalized spacial score (nSPS) is 11.9. The number of hydrogen-bond donors (Lipinski definition) is 0. The van der Waals surface area contributed by atoms with E-state index in [2.05, 4.69) is 35.5 Å². The molecule has 0 aliphatic heterocycles. The third kappa shape index (κ3) is 4.46. The number of fused-ring (bicyclic) bond motifs is 1. The van der Waals surface area contributed by atoms with Crippen molar-refractivity contribution >= 4 is 27.5 Å². The Balaban J connectivity index is 1.99. The number of aromatic nitrogens is 1. The topological polar surface area (TPSA) is 52.8 Å². The molecule has 1 heterocycles. The van der Waals surface area contributed by atoms with Gasteiger partial charge < -0.3 is 14.0 Å². The second-order valence-electron chi connectivity index (χ2n) is 6.47. The molecule has 0 saturated heterocycles. The van der Waals surface area contributed by atoms with Crippen molar-refractivity contribution in [2.45, 2.75) is 26.8 Å². The molecule has 3 rings (SSSR count). The molecule has 0 spiro atoms. The Morgan fingerprint density at radius 3 is 2.67 bits per heavy atom. The van der Waals surface area contributed by atoms with Gasteiger partial charge in [-0.25, -0.2) is 0 Å². The van der Waals surface area contributed by atoms with E-state index in [4.69, 9.17) is 9.47 Å². The molecule has 0 saturated carbocycles. The zero-order chi connectivity index (χ0) is 19.4. The van der Waals surface area contributed by atoms with E-state index in [1.54, 1.807) is 14.2 Å². The number of aryl methyl sites for hydroxylation is 2. The molecule has 5 nitrogen and oxygen atoms in total. The Kier molecular flexibility index (Phi) is 6.08. The molecular weight excluding hydrogens is 360 g/mol. The first-order valence-electron chi connectivity index (χ1n) is 8.82. The molecule has 0 unspecified atom stereocenters. The third-order valence-corrected chi connectivity index (χ3v) is 5.57. The van der Waals surface area contributed by atoms with Crippen molar-refractivity contribution < 1.29 is 14.3 Å². The molecular formula is C21H24N2O3S. The van der Waals surface area contributed by atoms with E-state index in [1.165, 1.54) is 22.5 Å². The summed E-state index contributed by atoms with van der Waals surface area (Å²) in [6, 6.07) is 11.8. The summed E-state index contributed by atoms with van der Waals surface area (Å²) in [6.45, 7) is 5.41. The number of nitrogens with zero attached hydrogens (tertiary/aromatic N) is 2. The van der Waals surface area contributed by atoms with Gasteiger partial charge in [0, 0.05) is 13.7 Å². The minimum atomic E-state index is -0.172. The zero-order valence-electron chi connectivity index (χ0n) is 16.1. The van der Waals surface area contributed by atoms with E-state index in [0.717, 1.165) is 21.5 Å². The van der Waals surface area contributed by atoms with E-state index in [-0.39, 0.29) is 12.3 Å². The number of amides is 1. The standard InChI is InChI=1S/C21H24N2O3S/c1-14-10-18-19(11-15(14)2)27-21(23(18)8-9-25-3)22-20(24)13-16-6-5-7-17(12-16)26-4/h5-7,10-12H,8-9,13H2,1-4H3. The van der Waals surface area contributed by atoms with Crippen LogP contribution in [0.3, 0.4) is 0 Å². The summed E-state index contributed by atoms with van der Waals surface area (Å²) in [5, 5.41) is 0. The minimum absolute atomic E-state index is 0.172. The van der Waals surface area contributed by atoms with Crippen LogP contribution in [0.1, 0.15) is 16.7 Å². The van der Waals surface area contributed by atoms with Crippen LogP contribution in [0.2, 0.25) is 0 Å². The number of thiazole rings is 1. The molecule has 0 bridgehead atoms. The van der Waals surface area contributed by atoms with E-state index in [0.29, 0.717) is 18.0 Å². The number of rotatable bonds is 6. The summed E-state index contributed by atoms with van der Waals surface area (Å²) in [6.07, 6.45) is 0.244. The summed E-state index contributed by atoms with van der Waals surface area (Å²) in [4.78, 5) is 17.7. The molecule has 2 aromatic carbocycles. The lowest BCUT2D eigenvalue weighted by Gasteiger charge is -2.06. The monoisotopic (exact) mass is 384 g/mol. The van der Waals surface area contributed by atoms with Crippen LogP contribution in [0, 0.1) is 13.8 Å². The number of ether oxygens (including phenoxy) is 2. The quantitative estimate of drug-likeness (QED) is 0.652. The second-order valence-corrected chi connectivity index (χ2v) is 7.48. The maximum Gasteiger partial charge on any atom is 0.252 e. The SMILES string of the molecule is COCCn1c(=NC(=O)Cc2cccc(OC)c2)sc2cc(C)c(C)cc21. The van der Waals surface area contributed by atoms with Gasteiger partial charge >= 0.3 is 0 Å². The van der Waals surface area contributed by atoms with Crippen LogP contribution in [0.25, 0.3) is 10.2 Å². The van der Waals surface area contributed by atoms with Crippen molar-refractivity contribution in [3.05, 3.63) is 57.9 Å². The van der Waals surface area contributed by atoms with Crippen molar-refractivity contribution in [2.24, 2.45) is 4.99 Å². The van der Waals surface area contributed by atoms with Crippen molar-refractivity contribution in [3.8, 4) is 5.75 Å². The molecule has 6 heteroatoms. The van der Waals surface area contributed by atoms with E-state index < -0.39 is 0 Å². The lowest BCUT2D eigenvalue weighted by Crippen LogP contribution is -2.19. The number of benzene rings is 2. The van der Waals surface area contributed by atoms with Crippen LogP contribution in [-0.2, 0) is 22.5 Å². The predicted molar refractivity (Wildman–Crippen MR) is 108 cm³/mol. The Morgan fingerprint density at radius 2 is 1.93 bits per heavy atom. The molecule has 0 aliphatic rings. The molecule has 0 fully saturated rings. The zero-order valence-corrected chi connectivity index (χ0v) is 16.9. The number of methoxy groups -OCH3 is 2. The Morgan fingerprint density at radius 1 is 1.15 bits per heavy atom. The fraction of sp³-hybridized carbons (Fsp3) is 0.333. The van der Waals surface area contributed by atoms with Gasteiger partial charge in [0.15, 0.2) is 4.80 Å². The van der Waals surface area contributed by atoms with E-state index >= 15 is 0 Å². The molecule has 1 aromatic heterocycles. The lowest BCUT2D eigenvalue weighted by atomic mass is 10.1. The number of hydrogen-bond acceptors (Lipinski definition) is 4. The fourth-order valence-electron chi connectivity index (χ4n) is 2.91. The first kappa shape index (κ1) is 19.3. The molecule has 0 N–H and O–H groups in total.